The van der Waals surface area contributed by atoms with Gasteiger partial charge in [0.15, 0.2) is 0 Å². The lowest BCUT2D eigenvalue weighted by Crippen LogP contribution is -1.99. The highest BCUT2D eigenvalue weighted by molar-refractivity contribution is 5.68. The molecule has 0 unspecified atom stereocenters. The second-order valence-corrected chi connectivity index (χ2v) is 10.6. The highest BCUT2D eigenvalue weighted by Crippen LogP contribution is 2.16. The number of aliphatic hydroxyl groups is 1. The number of rotatable bonds is 29. The zero-order chi connectivity index (χ0) is 24.8. The van der Waals surface area contributed by atoms with Crippen molar-refractivity contribution in [2.75, 3.05) is 13.7 Å². The van der Waals surface area contributed by atoms with Crippen molar-refractivity contribution in [1.29, 1.82) is 0 Å². The number of carbonyl (C=O) groups excluding carboxylic acids is 1. The summed E-state index contributed by atoms with van der Waals surface area (Å²) in [7, 11) is 1.47. The van der Waals surface area contributed by atoms with E-state index in [1.165, 1.54) is 168 Å². The first-order chi connectivity index (χ1) is 16.8. The number of unbranched alkanes of at least 4 members (excludes halogenated alkanes) is 26. The number of aliphatic hydroxyl groups excluding tert-OH is 1. The molecule has 0 rings (SSSR count). The minimum Gasteiger partial charge on any atom is -0.469 e. The van der Waals surface area contributed by atoms with Gasteiger partial charge in [0.1, 0.15) is 0 Å². The van der Waals surface area contributed by atoms with Crippen LogP contribution in [0.25, 0.3) is 0 Å². The number of methoxy groups -OCH3 is 1. The van der Waals surface area contributed by atoms with Gasteiger partial charge in [-0.2, -0.15) is 0 Å². The zero-order valence-corrected chi connectivity index (χ0v) is 23.3. The van der Waals surface area contributed by atoms with Crippen molar-refractivity contribution < 1.29 is 14.6 Å². The van der Waals surface area contributed by atoms with Crippen LogP contribution in [0.5, 0.6) is 0 Å². The van der Waals surface area contributed by atoms with Crippen molar-refractivity contribution in [3.8, 4) is 0 Å². The summed E-state index contributed by atoms with van der Waals surface area (Å²) < 4.78 is 4.67. The third-order valence-corrected chi connectivity index (χ3v) is 7.27. The number of hydrogen-bond acceptors (Lipinski definition) is 3. The second-order valence-electron chi connectivity index (χ2n) is 10.6. The lowest BCUT2D eigenvalue weighted by Gasteiger charge is -2.04. The lowest BCUT2D eigenvalue weighted by atomic mass is 10.0. The van der Waals surface area contributed by atoms with Gasteiger partial charge >= 0.3 is 5.97 Å². The Morgan fingerprint density at radius 1 is 0.412 bits per heavy atom. The first-order valence-electron chi connectivity index (χ1n) is 15.5. The van der Waals surface area contributed by atoms with E-state index in [0.717, 1.165) is 12.8 Å². The van der Waals surface area contributed by atoms with Gasteiger partial charge in [-0.15, -0.1) is 0 Å². The summed E-state index contributed by atoms with van der Waals surface area (Å²) in [5.41, 5.74) is 0. The highest BCUT2D eigenvalue weighted by atomic mass is 16.5. The predicted molar refractivity (Wildman–Crippen MR) is 148 cm³/mol. The lowest BCUT2D eigenvalue weighted by molar-refractivity contribution is -0.140. The summed E-state index contributed by atoms with van der Waals surface area (Å²) in [6.07, 6.45) is 37.4. The maximum atomic E-state index is 11.0. The van der Waals surface area contributed by atoms with E-state index in [0.29, 0.717) is 13.0 Å². The summed E-state index contributed by atoms with van der Waals surface area (Å²) in [6, 6.07) is 0. The topological polar surface area (TPSA) is 46.5 Å². The van der Waals surface area contributed by atoms with E-state index in [1.54, 1.807) is 0 Å². The van der Waals surface area contributed by atoms with Crippen LogP contribution in [0.2, 0.25) is 0 Å². The zero-order valence-electron chi connectivity index (χ0n) is 23.3. The normalized spacial score (nSPS) is 11.2. The predicted octanol–water partition coefficient (Wildman–Crippen LogP) is 10.1. The summed E-state index contributed by atoms with van der Waals surface area (Å²) in [5.74, 6) is -0.0645. The number of ether oxygens (including phenoxy) is 1. The molecule has 0 aromatic rings. The van der Waals surface area contributed by atoms with Gasteiger partial charge in [0.25, 0.3) is 0 Å². The standard InChI is InChI=1S/C31H62O3/c1-34-31(33)29-27-25-23-21-19-17-15-13-11-9-7-5-3-2-4-6-8-10-12-14-16-18-20-22-24-26-28-30-32/h32H,2-30H2,1H3. The Morgan fingerprint density at radius 2 is 0.618 bits per heavy atom. The van der Waals surface area contributed by atoms with Gasteiger partial charge in [0, 0.05) is 13.0 Å². The first-order valence-corrected chi connectivity index (χ1v) is 15.5. The third kappa shape index (κ3) is 29.5. The summed E-state index contributed by atoms with van der Waals surface area (Å²) in [5, 5.41) is 8.76. The Balaban J connectivity index is 3.02. The molecule has 0 aliphatic rings. The molecule has 0 atom stereocenters. The first kappa shape index (κ1) is 33.4. The molecule has 34 heavy (non-hydrogen) atoms. The van der Waals surface area contributed by atoms with E-state index in [4.69, 9.17) is 5.11 Å². The Labute approximate surface area is 214 Å². The minimum atomic E-state index is -0.0645. The molecule has 0 aliphatic carbocycles. The van der Waals surface area contributed by atoms with Gasteiger partial charge in [0.05, 0.1) is 7.11 Å². The van der Waals surface area contributed by atoms with Crippen LogP contribution in [-0.2, 0) is 9.53 Å². The largest absolute Gasteiger partial charge is 0.469 e. The molecule has 0 radical (unpaired) electrons. The van der Waals surface area contributed by atoms with Crippen molar-refractivity contribution in [3.63, 3.8) is 0 Å². The van der Waals surface area contributed by atoms with Crippen molar-refractivity contribution in [3.05, 3.63) is 0 Å². The fourth-order valence-corrected chi connectivity index (χ4v) is 4.90. The van der Waals surface area contributed by atoms with Crippen molar-refractivity contribution in [2.24, 2.45) is 0 Å². The molecule has 3 heteroatoms. The molecule has 1 N–H and O–H groups in total. The highest BCUT2D eigenvalue weighted by Gasteiger charge is 1.99. The maximum Gasteiger partial charge on any atom is 0.305 e. The molecule has 0 bridgehead atoms. The van der Waals surface area contributed by atoms with E-state index in [1.807, 2.05) is 0 Å². The molecule has 0 aromatic heterocycles. The fourth-order valence-electron chi connectivity index (χ4n) is 4.90. The fraction of sp³-hybridized carbons (Fsp3) is 0.968. The molecule has 0 fully saturated rings. The van der Waals surface area contributed by atoms with E-state index in [9.17, 15) is 4.79 Å². The van der Waals surface area contributed by atoms with Gasteiger partial charge in [-0.3, -0.25) is 4.79 Å². The summed E-state index contributed by atoms with van der Waals surface area (Å²) in [4.78, 5) is 11.0. The monoisotopic (exact) mass is 482 g/mol. The number of carbonyl (C=O) groups is 1. The van der Waals surface area contributed by atoms with Gasteiger partial charge in [-0.05, 0) is 12.8 Å². The van der Waals surface area contributed by atoms with Gasteiger partial charge < -0.3 is 9.84 Å². The second kappa shape index (κ2) is 30.5. The molecule has 0 amide bonds. The number of esters is 1. The molecule has 0 spiro atoms. The molecule has 0 aliphatic heterocycles. The maximum absolute atomic E-state index is 11.0. The quantitative estimate of drug-likeness (QED) is 0.0851. The molecule has 0 heterocycles. The molecule has 0 saturated heterocycles. The summed E-state index contributed by atoms with van der Waals surface area (Å²) >= 11 is 0. The average Bonchev–Trinajstić information content (AvgIpc) is 2.85. The van der Waals surface area contributed by atoms with Crippen molar-refractivity contribution in [2.45, 2.75) is 180 Å². The third-order valence-electron chi connectivity index (χ3n) is 7.27. The van der Waals surface area contributed by atoms with Crippen LogP contribution in [0.4, 0.5) is 0 Å². The van der Waals surface area contributed by atoms with Crippen LogP contribution in [0, 0.1) is 0 Å². The van der Waals surface area contributed by atoms with E-state index in [2.05, 4.69) is 4.74 Å². The molecular formula is C31H62O3. The van der Waals surface area contributed by atoms with Crippen LogP contribution in [0.3, 0.4) is 0 Å². The Morgan fingerprint density at radius 3 is 0.824 bits per heavy atom. The smallest absolute Gasteiger partial charge is 0.305 e. The minimum absolute atomic E-state index is 0.0645. The molecule has 3 nitrogen and oxygen atoms in total. The Kier molecular flexibility index (Phi) is 30.0. The van der Waals surface area contributed by atoms with Crippen LogP contribution in [0.15, 0.2) is 0 Å². The van der Waals surface area contributed by atoms with Crippen molar-refractivity contribution in [1.82, 2.24) is 0 Å². The van der Waals surface area contributed by atoms with Crippen molar-refractivity contribution >= 4 is 5.97 Å². The van der Waals surface area contributed by atoms with Crippen LogP contribution in [-0.4, -0.2) is 24.8 Å². The molecule has 0 aromatic carbocycles. The van der Waals surface area contributed by atoms with Crippen LogP contribution in [0.1, 0.15) is 180 Å². The van der Waals surface area contributed by atoms with E-state index in [-0.39, 0.29) is 5.97 Å². The molecule has 0 saturated carbocycles. The molecule has 204 valence electrons. The van der Waals surface area contributed by atoms with Crippen LogP contribution < -0.4 is 0 Å². The van der Waals surface area contributed by atoms with Gasteiger partial charge in [0.2, 0.25) is 0 Å². The Bertz CT molecular complexity index is 383. The van der Waals surface area contributed by atoms with E-state index >= 15 is 0 Å². The molecular weight excluding hydrogens is 420 g/mol. The summed E-state index contributed by atoms with van der Waals surface area (Å²) in [6.45, 7) is 0.367. The SMILES string of the molecule is COC(=O)CCCCCCCCCCCCCCCCCCCCCCCCCCCCCO. The van der Waals surface area contributed by atoms with E-state index < -0.39 is 0 Å². The average molecular weight is 483 g/mol. The van der Waals surface area contributed by atoms with Gasteiger partial charge in [-0.25, -0.2) is 0 Å². The van der Waals surface area contributed by atoms with Gasteiger partial charge in [-0.1, -0.05) is 161 Å². The number of hydrogen-bond donors (Lipinski definition) is 1. The van der Waals surface area contributed by atoms with Crippen LogP contribution >= 0.6 is 0 Å². The Hall–Kier alpha value is -0.570.